The molecule has 1 amide bonds. The van der Waals surface area contributed by atoms with Crippen molar-refractivity contribution in [1.29, 1.82) is 0 Å². The first-order valence-corrected chi connectivity index (χ1v) is 7.02. The molecule has 0 atom stereocenters. The number of ether oxygens (including phenoxy) is 1. The Morgan fingerprint density at radius 2 is 2.09 bits per heavy atom. The van der Waals surface area contributed by atoms with Gasteiger partial charge in [-0.15, -0.1) is 0 Å². The number of halogens is 3. The molecule has 1 aliphatic heterocycles. The SMILES string of the molecule is CC(=O)NC1CCN(c2cccc(OCC(F)(F)F)n2)CC1. The van der Waals surface area contributed by atoms with Gasteiger partial charge in [0.15, 0.2) is 6.61 Å². The standard InChI is InChI=1S/C14H18F3N3O2/c1-10(21)18-11-5-7-20(8-6-11)12-3-2-4-13(19-12)22-9-14(15,16)17/h2-4,11H,5-9H2,1H3,(H,18,21). The van der Waals surface area contributed by atoms with E-state index in [9.17, 15) is 18.0 Å². The monoisotopic (exact) mass is 317 g/mol. The van der Waals surface area contributed by atoms with E-state index < -0.39 is 12.8 Å². The van der Waals surface area contributed by atoms with Crippen LogP contribution in [0.2, 0.25) is 0 Å². The third-order valence-corrected chi connectivity index (χ3v) is 3.32. The lowest BCUT2D eigenvalue weighted by Gasteiger charge is -2.33. The molecule has 0 bridgehead atoms. The van der Waals surface area contributed by atoms with Crippen LogP contribution >= 0.6 is 0 Å². The van der Waals surface area contributed by atoms with Gasteiger partial charge in [0.25, 0.3) is 0 Å². The summed E-state index contributed by atoms with van der Waals surface area (Å²) < 4.78 is 41.1. The smallest absolute Gasteiger partial charge is 0.422 e. The zero-order valence-corrected chi connectivity index (χ0v) is 12.2. The van der Waals surface area contributed by atoms with Gasteiger partial charge in [0.05, 0.1) is 0 Å². The minimum atomic E-state index is -4.38. The van der Waals surface area contributed by atoms with Gasteiger partial charge in [-0.25, -0.2) is 0 Å². The average molecular weight is 317 g/mol. The van der Waals surface area contributed by atoms with Crippen LogP contribution < -0.4 is 15.0 Å². The number of aromatic nitrogens is 1. The second kappa shape index (κ2) is 6.85. The number of carbonyl (C=O) groups excluding carboxylic acids is 1. The van der Waals surface area contributed by atoms with Crippen LogP contribution in [0.1, 0.15) is 19.8 Å². The number of alkyl halides is 3. The Bertz CT molecular complexity index is 514. The van der Waals surface area contributed by atoms with E-state index in [-0.39, 0.29) is 17.8 Å². The Hall–Kier alpha value is -1.99. The van der Waals surface area contributed by atoms with E-state index in [1.54, 1.807) is 12.1 Å². The molecule has 0 spiro atoms. The first-order valence-electron chi connectivity index (χ1n) is 7.02. The highest BCUT2D eigenvalue weighted by atomic mass is 19.4. The number of nitrogens with one attached hydrogen (secondary N) is 1. The second-order valence-electron chi connectivity index (χ2n) is 5.20. The lowest BCUT2D eigenvalue weighted by Crippen LogP contribution is -2.44. The highest BCUT2D eigenvalue weighted by Gasteiger charge is 2.29. The van der Waals surface area contributed by atoms with Crippen molar-refractivity contribution in [3.8, 4) is 5.88 Å². The third kappa shape index (κ3) is 5.09. The maximum absolute atomic E-state index is 12.1. The highest BCUT2D eigenvalue weighted by Crippen LogP contribution is 2.22. The largest absolute Gasteiger partial charge is 0.468 e. The number of carbonyl (C=O) groups is 1. The zero-order valence-electron chi connectivity index (χ0n) is 12.2. The number of pyridine rings is 1. The van der Waals surface area contributed by atoms with Gasteiger partial charge in [-0.3, -0.25) is 4.79 Å². The summed E-state index contributed by atoms with van der Waals surface area (Å²) >= 11 is 0. The van der Waals surface area contributed by atoms with Gasteiger partial charge >= 0.3 is 6.18 Å². The Morgan fingerprint density at radius 1 is 1.41 bits per heavy atom. The van der Waals surface area contributed by atoms with Gasteiger partial charge in [-0.05, 0) is 18.9 Å². The summed E-state index contributed by atoms with van der Waals surface area (Å²) in [7, 11) is 0. The molecule has 1 N–H and O–H groups in total. The molecular weight excluding hydrogens is 299 g/mol. The van der Waals surface area contributed by atoms with Crippen molar-refractivity contribution in [2.75, 3.05) is 24.6 Å². The summed E-state index contributed by atoms with van der Waals surface area (Å²) in [5, 5.41) is 2.87. The maximum Gasteiger partial charge on any atom is 0.422 e. The molecule has 0 radical (unpaired) electrons. The van der Waals surface area contributed by atoms with Crippen LogP contribution in [0.4, 0.5) is 19.0 Å². The molecule has 122 valence electrons. The molecule has 0 unspecified atom stereocenters. The molecule has 1 aromatic rings. The summed E-state index contributed by atoms with van der Waals surface area (Å²) in [6.07, 6.45) is -2.84. The van der Waals surface area contributed by atoms with E-state index in [4.69, 9.17) is 0 Å². The van der Waals surface area contributed by atoms with Crippen LogP contribution in [0.3, 0.4) is 0 Å². The number of anilines is 1. The molecule has 1 aromatic heterocycles. The fourth-order valence-electron chi connectivity index (χ4n) is 2.36. The van der Waals surface area contributed by atoms with Gasteiger partial charge in [0.1, 0.15) is 5.82 Å². The maximum atomic E-state index is 12.1. The summed E-state index contributed by atoms with van der Waals surface area (Å²) in [5.41, 5.74) is 0. The van der Waals surface area contributed by atoms with Gasteiger partial charge in [0.2, 0.25) is 11.8 Å². The third-order valence-electron chi connectivity index (χ3n) is 3.32. The van der Waals surface area contributed by atoms with E-state index in [0.29, 0.717) is 18.9 Å². The van der Waals surface area contributed by atoms with Crippen molar-refractivity contribution in [1.82, 2.24) is 10.3 Å². The van der Waals surface area contributed by atoms with E-state index in [1.807, 2.05) is 4.90 Å². The lowest BCUT2D eigenvalue weighted by molar-refractivity contribution is -0.154. The fourth-order valence-corrected chi connectivity index (χ4v) is 2.36. The van der Waals surface area contributed by atoms with Crippen molar-refractivity contribution < 1.29 is 22.7 Å². The fraction of sp³-hybridized carbons (Fsp3) is 0.571. The van der Waals surface area contributed by atoms with Crippen molar-refractivity contribution >= 4 is 11.7 Å². The molecule has 2 heterocycles. The first-order chi connectivity index (χ1) is 10.3. The van der Waals surface area contributed by atoms with Crippen LogP contribution in [0, 0.1) is 0 Å². The van der Waals surface area contributed by atoms with Gasteiger partial charge in [-0.2, -0.15) is 18.2 Å². The van der Waals surface area contributed by atoms with Crippen molar-refractivity contribution in [3.63, 3.8) is 0 Å². The van der Waals surface area contributed by atoms with Crippen LogP contribution in [-0.4, -0.2) is 42.8 Å². The van der Waals surface area contributed by atoms with E-state index >= 15 is 0 Å². The van der Waals surface area contributed by atoms with Gasteiger partial charge in [-0.1, -0.05) is 6.07 Å². The molecule has 0 aromatic carbocycles. The van der Waals surface area contributed by atoms with E-state index in [2.05, 4.69) is 15.0 Å². The Kier molecular flexibility index (Phi) is 5.10. The van der Waals surface area contributed by atoms with E-state index in [0.717, 1.165) is 12.8 Å². The van der Waals surface area contributed by atoms with Gasteiger partial charge in [0, 0.05) is 32.1 Å². The van der Waals surface area contributed by atoms with Crippen molar-refractivity contribution in [2.24, 2.45) is 0 Å². The predicted octanol–water partition coefficient (Wildman–Crippen LogP) is 2.13. The minimum absolute atomic E-state index is 0.0428. The Labute approximate surface area is 126 Å². The molecule has 0 aliphatic carbocycles. The number of piperidine rings is 1. The molecule has 8 heteroatoms. The van der Waals surface area contributed by atoms with Crippen molar-refractivity contribution in [2.45, 2.75) is 32.0 Å². The molecule has 0 saturated carbocycles. The number of nitrogens with zero attached hydrogens (tertiary/aromatic N) is 2. The topological polar surface area (TPSA) is 54.5 Å². The lowest BCUT2D eigenvalue weighted by atomic mass is 10.1. The van der Waals surface area contributed by atoms with Crippen LogP contribution in [0.5, 0.6) is 5.88 Å². The molecule has 1 aliphatic rings. The summed E-state index contributed by atoms with van der Waals surface area (Å²) in [6.45, 7) is 1.49. The van der Waals surface area contributed by atoms with Crippen molar-refractivity contribution in [3.05, 3.63) is 18.2 Å². The molecule has 1 fully saturated rings. The minimum Gasteiger partial charge on any atom is -0.468 e. The average Bonchev–Trinajstić information content (AvgIpc) is 2.45. The van der Waals surface area contributed by atoms with Crippen LogP contribution in [-0.2, 0) is 4.79 Å². The normalized spacial score (nSPS) is 16.5. The Morgan fingerprint density at radius 3 is 2.68 bits per heavy atom. The molecule has 2 rings (SSSR count). The highest BCUT2D eigenvalue weighted by molar-refractivity contribution is 5.73. The first kappa shape index (κ1) is 16.4. The second-order valence-corrected chi connectivity index (χ2v) is 5.20. The molecule has 5 nitrogen and oxygen atoms in total. The summed E-state index contributed by atoms with van der Waals surface area (Å²) in [6, 6.07) is 4.89. The number of rotatable bonds is 4. The quantitative estimate of drug-likeness (QED) is 0.924. The number of hydrogen-bond acceptors (Lipinski definition) is 4. The van der Waals surface area contributed by atoms with Crippen LogP contribution in [0.25, 0.3) is 0 Å². The van der Waals surface area contributed by atoms with Gasteiger partial charge < -0.3 is 15.0 Å². The Balaban J connectivity index is 1.92. The molecular formula is C14H18F3N3O2. The summed E-state index contributed by atoms with van der Waals surface area (Å²) in [4.78, 5) is 17.1. The number of hydrogen-bond donors (Lipinski definition) is 1. The molecule has 1 saturated heterocycles. The zero-order chi connectivity index (χ0) is 16.2. The summed E-state index contributed by atoms with van der Waals surface area (Å²) in [5.74, 6) is 0.485. The number of amides is 1. The van der Waals surface area contributed by atoms with Crippen LogP contribution in [0.15, 0.2) is 18.2 Å². The van der Waals surface area contributed by atoms with E-state index in [1.165, 1.54) is 13.0 Å². The molecule has 22 heavy (non-hydrogen) atoms. The predicted molar refractivity (Wildman–Crippen MR) is 74.8 cm³/mol.